The highest BCUT2D eigenvalue weighted by molar-refractivity contribution is 6.30. The molecule has 0 amide bonds. The largest absolute Gasteiger partial charge is 0.0843 e. The molecule has 0 fully saturated rings. The lowest BCUT2D eigenvalue weighted by Gasteiger charge is -1.93. The Hall–Kier alpha value is -1.27. The Bertz CT molecular complexity index is 444. The molecule has 19 heavy (non-hydrogen) atoms. The third kappa shape index (κ3) is 8.45. The van der Waals surface area contributed by atoms with Crippen molar-refractivity contribution in [1.29, 1.82) is 0 Å². The molecule has 0 spiro atoms. The summed E-state index contributed by atoms with van der Waals surface area (Å²) in [6.07, 6.45) is 1.06. The fourth-order valence-corrected chi connectivity index (χ4v) is 1.78. The molecule has 2 rings (SSSR count). The van der Waals surface area contributed by atoms with Crippen molar-refractivity contribution in [3.05, 3.63) is 70.2 Å². The zero-order chi connectivity index (χ0) is 14.7. The number of hydrogen-bond acceptors (Lipinski definition) is 0. The van der Waals surface area contributed by atoms with Gasteiger partial charge in [-0.3, -0.25) is 0 Å². The molecule has 0 atom stereocenters. The summed E-state index contributed by atoms with van der Waals surface area (Å²) in [5.74, 6) is 0. The van der Waals surface area contributed by atoms with Crippen molar-refractivity contribution < 1.29 is 0 Å². The number of rotatable bonds is 1. The van der Waals surface area contributed by atoms with Gasteiger partial charge >= 0.3 is 0 Å². The summed E-state index contributed by atoms with van der Waals surface area (Å²) in [6.45, 7) is 10.3. The second kappa shape index (κ2) is 10.6. The molecule has 0 aromatic heterocycles. The van der Waals surface area contributed by atoms with E-state index in [1.807, 2.05) is 32.0 Å². The van der Waals surface area contributed by atoms with Gasteiger partial charge < -0.3 is 0 Å². The summed E-state index contributed by atoms with van der Waals surface area (Å²) in [6, 6.07) is 16.4. The van der Waals surface area contributed by atoms with E-state index in [-0.39, 0.29) is 0 Å². The Balaban J connectivity index is 0.000000303. The third-order valence-corrected chi connectivity index (χ3v) is 2.71. The van der Waals surface area contributed by atoms with Crippen LogP contribution >= 0.6 is 11.6 Å². The van der Waals surface area contributed by atoms with Crippen LogP contribution in [0.2, 0.25) is 5.02 Å². The number of hydrogen-bond donors (Lipinski definition) is 0. The Morgan fingerprint density at radius 1 is 0.842 bits per heavy atom. The first-order chi connectivity index (χ1) is 9.11. The van der Waals surface area contributed by atoms with Crippen LogP contribution < -0.4 is 0 Å². The number of aryl methyl sites for hydroxylation is 3. The molecule has 104 valence electrons. The van der Waals surface area contributed by atoms with Crippen molar-refractivity contribution in [2.24, 2.45) is 0 Å². The van der Waals surface area contributed by atoms with E-state index in [2.05, 4.69) is 51.1 Å². The van der Waals surface area contributed by atoms with Crippen molar-refractivity contribution in [3.63, 3.8) is 0 Å². The van der Waals surface area contributed by atoms with Crippen molar-refractivity contribution in [2.75, 3.05) is 0 Å². The van der Waals surface area contributed by atoms with Gasteiger partial charge in [0.15, 0.2) is 0 Å². The molecule has 0 unspecified atom stereocenters. The zero-order valence-electron chi connectivity index (χ0n) is 12.7. The smallest absolute Gasteiger partial charge is 0.0408 e. The summed E-state index contributed by atoms with van der Waals surface area (Å²) in [5, 5.41) is 0.828. The number of halogens is 1. The first-order valence-corrected chi connectivity index (χ1v) is 7.27. The van der Waals surface area contributed by atoms with Gasteiger partial charge in [-0.25, -0.2) is 0 Å². The summed E-state index contributed by atoms with van der Waals surface area (Å²) < 4.78 is 0. The van der Waals surface area contributed by atoms with Gasteiger partial charge in [-0.15, -0.1) is 0 Å². The van der Waals surface area contributed by atoms with Crippen LogP contribution in [0.4, 0.5) is 0 Å². The highest BCUT2D eigenvalue weighted by Crippen LogP contribution is 2.10. The molecule has 0 radical (unpaired) electrons. The second-order valence-electron chi connectivity index (χ2n) is 4.14. The van der Waals surface area contributed by atoms with Crippen molar-refractivity contribution >= 4 is 11.6 Å². The fraction of sp³-hybridized carbons (Fsp3) is 0.333. The van der Waals surface area contributed by atoms with Gasteiger partial charge in [0, 0.05) is 5.02 Å². The average Bonchev–Trinajstić information content (AvgIpc) is 2.41. The summed E-state index contributed by atoms with van der Waals surface area (Å²) in [7, 11) is 0. The van der Waals surface area contributed by atoms with Crippen LogP contribution in [0.3, 0.4) is 0 Å². The lowest BCUT2D eigenvalue weighted by molar-refractivity contribution is 1.14. The van der Waals surface area contributed by atoms with Gasteiger partial charge in [-0.2, -0.15) is 0 Å². The van der Waals surface area contributed by atoms with Gasteiger partial charge in [0.05, 0.1) is 0 Å². The van der Waals surface area contributed by atoms with E-state index >= 15 is 0 Å². The molecule has 0 aliphatic rings. The van der Waals surface area contributed by atoms with Crippen LogP contribution in [0.1, 0.15) is 37.5 Å². The van der Waals surface area contributed by atoms with Crippen LogP contribution in [0.25, 0.3) is 0 Å². The van der Waals surface area contributed by atoms with Crippen LogP contribution in [-0.4, -0.2) is 0 Å². The van der Waals surface area contributed by atoms with Crippen molar-refractivity contribution in [2.45, 2.75) is 41.0 Å². The molecule has 0 saturated carbocycles. The van der Waals surface area contributed by atoms with Crippen molar-refractivity contribution in [1.82, 2.24) is 0 Å². The molecule has 2 aromatic carbocycles. The highest BCUT2D eigenvalue weighted by Gasteiger charge is 1.87. The first kappa shape index (κ1) is 17.7. The first-order valence-electron chi connectivity index (χ1n) is 6.89. The topological polar surface area (TPSA) is 0 Å². The normalized spacial score (nSPS) is 8.74. The van der Waals surface area contributed by atoms with E-state index in [4.69, 9.17) is 11.6 Å². The van der Waals surface area contributed by atoms with Gasteiger partial charge in [0.25, 0.3) is 0 Å². The third-order valence-electron chi connectivity index (χ3n) is 2.47. The maximum absolute atomic E-state index is 5.72. The van der Waals surface area contributed by atoms with E-state index in [1.165, 1.54) is 16.7 Å². The molecule has 0 aliphatic heterocycles. The van der Waals surface area contributed by atoms with E-state index in [0.717, 1.165) is 11.4 Å². The summed E-state index contributed by atoms with van der Waals surface area (Å²) in [5.41, 5.74) is 3.97. The van der Waals surface area contributed by atoms with Crippen LogP contribution in [0.15, 0.2) is 48.5 Å². The summed E-state index contributed by atoms with van der Waals surface area (Å²) in [4.78, 5) is 0. The van der Waals surface area contributed by atoms with Gasteiger partial charge in [-0.1, -0.05) is 79.9 Å². The van der Waals surface area contributed by atoms with Crippen LogP contribution in [0.5, 0.6) is 0 Å². The molecule has 0 N–H and O–H groups in total. The molecular weight excluding hydrogens is 252 g/mol. The molecule has 1 heteroatoms. The second-order valence-corrected chi connectivity index (χ2v) is 4.58. The quantitative estimate of drug-likeness (QED) is 0.579. The lowest BCUT2D eigenvalue weighted by Crippen LogP contribution is -1.76. The molecule has 0 bridgehead atoms. The van der Waals surface area contributed by atoms with E-state index in [9.17, 15) is 0 Å². The van der Waals surface area contributed by atoms with Crippen LogP contribution in [-0.2, 0) is 6.42 Å². The minimum Gasteiger partial charge on any atom is -0.0843 e. The Morgan fingerprint density at radius 3 is 1.68 bits per heavy atom. The van der Waals surface area contributed by atoms with E-state index in [1.54, 1.807) is 0 Å². The lowest BCUT2D eigenvalue weighted by atomic mass is 10.2. The standard InChI is InChI=1S/C8H9Cl.C8H10.C2H6/c1-2-7-4-3-5-8(9)6-7;1-7-4-3-5-8(2)6-7;1-2/h3-6H,2H2,1H3;3-6H,1-2H3;1-2H3. The predicted molar refractivity (Wildman–Crippen MR) is 88.1 cm³/mol. The Labute approximate surface area is 123 Å². The Kier molecular flexibility index (Phi) is 9.92. The molecule has 2 aromatic rings. The SMILES string of the molecule is CC.CCc1cccc(Cl)c1.Cc1cccc(C)c1. The molecule has 0 aliphatic carbocycles. The van der Waals surface area contributed by atoms with E-state index < -0.39 is 0 Å². The monoisotopic (exact) mass is 276 g/mol. The molecular formula is C18H25Cl. The van der Waals surface area contributed by atoms with Gasteiger partial charge in [0.2, 0.25) is 0 Å². The maximum Gasteiger partial charge on any atom is 0.0408 e. The van der Waals surface area contributed by atoms with Gasteiger partial charge in [0.1, 0.15) is 0 Å². The Morgan fingerprint density at radius 2 is 1.37 bits per heavy atom. The predicted octanol–water partition coefficient (Wildman–Crippen LogP) is 6.23. The molecule has 0 heterocycles. The highest BCUT2D eigenvalue weighted by atomic mass is 35.5. The maximum atomic E-state index is 5.72. The van der Waals surface area contributed by atoms with Gasteiger partial charge in [-0.05, 0) is 38.0 Å². The van der Waals surface area contributed by atoms with E-state index in [0.29, 0.717) is 0 Å². The summed E-state index contributed by atoms with van der Waals surface area (Å²) >= 11 is 5.72. The minimum absolute atomic E-state index is 0.828. The molecule has 0 saturated heterocycles. The van der Waals surface area contributed by atoms with Crippen molar-refractivity contribution in [3.8, 4) is 0 Å². The number of benzene rings is 2. The molecule has 0 nitrogen and oxygen atoms in total. The minimum atomic E-state index is 0.828. The zero-order valence-corrected chi connectivity index (χ0v) is 13.5. The average molecular weight is 277 g/mol. The fourth-order valence-electron chi connectivity index (χ4n) is 1.56. The van der Waals surface area contributed by atoms with Crippen LogP contribution in [0, 0.1) is 13.8 Å².